The molecule has 0 aliphatic heterocycles. The monoisotopic (exact) mass is 255 g/mol. The molecule has 0 spiro atoms. The van der Waals surface area contributed by atoms with Crippen molar-refractivity contribution in [3.63, 3.8) is 0 Å². The van der Waals surface area contributed by atoms with Gasteiger partial charge in [0, 0.05) is 28.4 Å². The SMILES string of the molecule is C[SiH](O)CCn1c2ccccc2c2ccccc21. The number of para-hydroxylation sites is 2. The van der Waals surface area contributed by atoms with Gasteiger partial charge in [-0.3, -0.25) is 0 Å². The van der Waals surface area contributed by atoms with E-state index in [0.717, 1.165) is 12.6 Å². The van der Waals surface area contributed by atoms with Crippen molar-refractivity contribution in [2.24, 2.45) is 0 Å². The van der Waals surface area contributed by atoms with Crippen molar-refractivity contribution in [1.29, 1.82) is 0 Å². The first kappa shape index (κ1) is 11.5. The highest BCUT2D eigenvalue weighted by atomic mass is 28.3. The topological polar surface area (TPSA) is 25.2 Å². The van der Waals surface area contributed by atoms with E-state index in [1.165, 1.54) is 21.8 Å². The average Bonchev–Trinajstić information content (AvgIpc) is 2.71. The number of aryl methyl sites for hydroxylation is 1. The summed E-state index contributed by atoms with van der Waals surface area (Å²) in [4.78, 5) is 9.62. The lowest BCUT2D eigenvalue weighted by molar-refractivity contribution is 0.568. The minimum Gasteiger partial charge on any atom is -0.435 e. The Morgan fingerprint density at radius 3 is 1.94 bits per heavy atom. The lowest BCUT2D eigenvalue weighted by atomic mass is 10.2. The predicted molar refractivity (Wildman–Crippen MR) is 79.5 cm³/mol. The van der Waals surface area contributed by atoms with Crippen molar-refractivity contribution in [3.05, 3.63) is 48.5 Å². The summed E-state index contributed by atoms with van der Waals surface area (Å²) < 4.78 is 2.34. The first-order valence-corrected chi connectivity index (χ1v) is 8.90. The number of fused-ring (bicyclic) bond motifs is 3. The molecular formula is C15H17NOSi. The van der Waals surface area contributed by atoms with Gasteiger partial charge in [0.1, 0.15) is 0 Å². The molecule has 3 rings (SSSR count). The van der Waals surface area contributed by atoms with Crippen molar-refractivity contribution in [2.45, 2.75) is 19.1 Å². The molecule has 0 aliphatic rings. The molecule has 0 aliphatic carbocycles. The maximum atomic E-state index is 9.62. The normalized spacial score (nSPS) is 13.2. The third kappa shape index (κ3) is 1.85. The van der Waals surface area contributed by atoms with Crippen LogP contribution in [-0.2, 0) is 6.54 Å². The molecule has 18 heavy (non-hydrogen) atoms. The highest BCUT2D eigenvalue weighted by Gasteiger charge is 2.10. The molecule has 3 heteroatoms. The van der Waals surface area contributed by atoms with Crippen molar-refractivity contribution in [2.75, 3.05) is 0 Å². The second-order valence-electron chi connectivity index (χ2n) is 4.82. The highest BCUT2D eigenvalue weighted by molar-refractivity contribution is 6.48. The number of benzene rings is 2. The van der Waals surface area contributed by atoms with Crippen LogP contribution in [0.4, 0.5) is 0 Å². The average molecular weight is 255 g/mol. The van der Waals surface area contributed by atoms with Gasteiger partial charge in [0.05, 0.1) is 0 Å². The van der Waals surface area contributed by atoms with Gasteiger partial charge < -0.3 is 9.36 Å². The van der Waals surface area contributed by atoms with E-state index in [1.807, 2.05) is 6.55 Å². The van der Waals surface area contributed by atoms with Crippen LogP contribution in [-0.4, -0.2) is 18.4 Å². The Balaban J connectivity index is 2.24. The molecule has 1 N–H and O–H groups in total. The molecule has 1 atom stereocenters. The first-order chi connectivity index (χ1) is 8.77. The third-order valence-electron chi connectivity index (χ3n) is 3.45. The maximum Gasteiger partial charge on any atom is 0.171 e. The summed E-state index contributed by atoms with van der Waals surface area (Å²) in [5.41, 5.74) is 2.54. The second kappa shape index (κ2) is 4.59. The van der Waals surface area contributed by atoms with Crippen molar-refractivity contribution < 1.29 is 4.80 Å². The van der Waals surface area contributed by atoms with Crippen LogP contribution in [0.25, 0.3) is 21.8 Å². The van der Waals surface area contributed by atoms with E-state index < -0.39 is 9.04 Å². The third-order valence-corrected chi connectivity index (χ3v) is 4.54. The van der Waals surface area contributed by atoms with Gasteiger partial charge in [0.15, 0.2) is 9.04 Å². The minimum absolute atomic E-state index is 0.915. The lowest BCUT2D eigenvalue weighted by Crippen LogP contribution is -2.09. The molecule has 92 valence electrons. The molecule has 1 aromatic heterocycles. The number of aromatic nitrogens is 1. The molecule has 1 heterocycles. The minimum atomic E-state index is -1.50. The van der Waals surface area contributed by atoms with Crippen LogP contribution >= 0.6 is 0 Å². The fraction of sp³-hybridized carbons (Fsp3) is 0.200. The van der Waals surface area contributed by atoms with E-state index in [2.05, 4.69) is 53.1 Å². The molecule has 0 saturated carbocycles. The van der Waals surface area contributed by atoms with Gasteiger partial charge in [-0.25, -0.2) is 0 Å². The van der Waals surface area contributed by atoms with Crippen LogP contribution in [0.2, 0.25) is 12.6 Å². The molecule has 0 amide bonds. The van der Waals surface area contributed by atoms with Gasteiger partial charge in [-0.1, -0.05) is 36.4 Å². The molecule has 0 fully saturated rings. The summed E-state index contributed by atoms with van der Waals surface area (Å²) in [6, 6.07) is 17.9. The second-order valence-corrected chi connectivity index (χ2v) is 7.10. The van der Waals surface area contributed by atoms with Crippen LogP contribution in [0.1, 0.15) is 0 Å². The van der Waals surface area contributed by atoms with Gasteiger partial charge in [0.25, 0.3) is 0 Å². The number of rotatable bonds is 3. The van der Waals surface area contributed by atoms with Crippen LogP contribution in [0.5, 0.6) is 0 Å². The van der Waals surface area contributed by atoms with Gasteiger partial charge >= 0.3 is 0 Å². The van der Waals surface area contributed by atoms with Gasteiger partial charge in [-0.15, -0.1) is 0 Å². The number of nitrogens with zero attached hydrogens (tertiary/aromatic N) is 1. The summed E-state index contributed by atoms with van der Waals surface area (Å²) in [6.07, 6.45) is 0. The van der Waals surface area contributed by atoms with Gasteiger partial charge in [0.2, 0.25) is 0 Å². The van der Waals surface area contributed by atoms with Crippen molar-refractivity contribution >= 4 is 30.8 Å². The summed E-state index contributed by atoms with van der Waals surface area (Å²) in [5, 5.41) is 2.61. The highest BCUT2D eigenvalue weighted by Crippen LogP contribution is 2.28. The molecular weight excluding hydrogens is 238 g/mol. The van der Waals surface area contributed by atoms with Crippen LogP contribution in [0, 0.1) is 0 Å². The Morgan fingerprint density at radius 2 is 1.44 bits per heavy atom. The van der Waals surface area contributed by atoms with E-state index in [9.17, 15) is 4.80 Å². The smallest absolute Gasteiger partial charge is 0.171 e. The number of hydrogen-bond acceptors (Lipinski definition) is 1. The van der Waals surface area contributed by atoms with Crippen LogP contribution in [0.15, 0.2) is 48.5 Å². The van der Waals surface area contributed by atoms with E-state index >= 15 is 0 Å². The molecule has 1 unspecified atom stereocenters. The molecule has 3 aromatic rings. The summed E-state index contributed by atoms with van der Waals surface area (Å²) in [6.45, 7) is 2.89. The van der Waals surface area contributed by atoms with Gasteiger partial charge in [-0.2, -0.15) is 0 Å². The first-order valence-electron chi connectivity index (χ1n) is 6.41. The Hall–Kier alpha value is -1.58. The summed E-state index contributed by atoms with van der Waals surface area (Å²) >= 11 is 0. The fourth-order valence-corrected chi connectivity index (χ4v) is 3.19. The predicted octanol–water partition coefficient (Wildman–Crippen LogP) is 3.14. The Morgan fingerprint density at radius 1 is 0.944 bits per heavy atom. The molecule has 2 nitrogen and oxygen atoms in total. The van der Waals surface area contributed by atoms with Crippen LogP contribution < -0.4 is 0 Å². The molecule has 0 saturated heterocycles. The quantitative estimate of drug-likeness (QED) is 0.715. The van der Waals surface area contributed by atoms with E-state index in [-0.39, 0.29) is 0 Å². The Kier molecular flexibility index (Phi) is 2.93. The Bertz CT molecular complexity index is 634. The molecule has 0 radical (unpaired) electrons. The van der Waals surface area contributed by atoms with Crippen LogP contribution in [0.3, 0.4) is 0 Å². The number of hydrogen-bond donors (Lipinski definition) is 1. The Labute approximate surface area is 108 Å². The lowest BCUT2D eigenvalue weighted by Gasteiger charge is -2.08. The van der Waals surface area contributed by atoms with Crippen molar-refractivity contribution in [3.8, 4) is 0 Å². The largest absolute Gasteiger partial charge is 0.435 e. The summed E-state index contributed by atoms with van der Waals surface area (Å²) in [5.74, 6) is 0. The van der Waals surface area contributed by atoms with Gasteiger partial charge in [-0.05, 0) is 24.7 Å². The fourth-order valence-electron chi connectivity index (χ4n) is 2.56. The van der Waals surface area contributed by atoms with E-state index in [4.69, 9.17) is 0 Å². The summed E-state index contributed by atoms with van der Waals surface area (Å²) in [7, 11) is -1.50. The maximum absolute atomic E-state index is 9.62. The van der Waals surface area contributed by atoms with Crippen molar-refractivity contribution in [1.82, 2.24) is 4.57 Å². The zero-order chi connectivity index (χ0) is 12.5. The zero-order valence-electron chi connectivity index (χ0n) is 10.5. The van der Waals surface area contributed by atoms with E-state index in [1.54, 1.807) is 0 Å². The standard InChI is InChI=1S/C15H17NOSi/c1-18(17)11-10-16-14-8-4-2-6-12(14)13-7-3-5-9-15(13)16/h2-9,17-18H,10-11H2,1H3. The molecule has 0 bridgehead atoms. The molecule has 2 aromatic carbocycles. The zero-order valence-corrected chi connectivity index (χ0v) is 11.7. The van der Waals surface area contributed by atoms with E-state index in [0.29, 0.717) is 0 Å².